The molecule has 0 aromatic heterocycles. The van der Waals surface area contributed by atoms with Gasteiger partial charge in [-0.2, -0.15) is 0 Å². The molecule has 0 atom stereocenters. The number of hydrogen-bond donors (Lipinski definition) is 1. The lowest BCUT2D eigenvalue weighted by atomic mass is 10.1. The maximum atomic E-state index is 12.8. The van der Waals surface area contributed by atoms with Gasteiger partial charge in [-0.05, 0) is 47.9 Å². The van der Waals surface area contributed by atoms with Crippen LogP contribution in [0, 0.1) is 0 Å². The number of ether oxygens (including phenoxy) is 1. The topological polar surface area (TPSA) is 87.2 Å². The molecular formula is C21H22N2O5. The lowest BCUT2D eigenvalue weighted by Gasteiger charge is -2.19. The predicted octanol–water partition coefficient (Wildman–Crippen LogP) is 2.33. The molecule has 146 valence electrons. The van der Waals surface area contributed by atoms with Gasteiger partial charge in [0.25, 0.3) is 5.91 Å². The molecule has 28 heavy (non-hydrogen) atoms. The molecule has 0 saturated heterocycles. The van der Waals surface area contributed by atoms with E-state index in [1.807, 2.05) is 12.1 Å². The fraction of sp³-hybridized carbons (Fsp3) is 0.286. The maximum absolute atomic E-state index is 12.8. The van der Waals surface area contributed by atoms with Crippen LogP contribution in [0.3, 0.4) is 0 Å². The lowest BCUT2D eigenvalue weighted by Crippen LogP contribution is -2.27. The molecular weight excluding hydrogens is 360 g/mol. The molecule has 7 heteroatoms. The number of aliphatic carboxylic acids is 1. The highest BCUT2D eigenvalue weighted by molar-refractivity contribution is 5.97. The van der Waals surface area contributed by atoms with Gasteiger partial charge in [0.2, 0.25) is 5.91 Å². The van der Waals surface area contributed by atoms with Crippen molar-refractivity contribution < 1.29 is 24.2 Å². The van der Waals surface area contributed by atoms with E-state index in [9.17, 15) is 14.4 Å². The van der Waals surface area contributed by atoms with E-state index < -0.39 is 12.6 Å². The van der Waals surface area contributed by atoms with Gasteiger partial charge in [0, 0.05) is 38.3 Å². The first-order valence-electron chi connectivity index (χ1n) is 8.95. The number of carbonyl (C=O) groups is 3. The van der Waals surface area contributed by atoms with Crippen LogP contribution in [0.5, 0.6) is 5.75 Å². The SMILES string of the molecule is CC(=O)N1CCc2cc(C(=O)N(C)Cc3ccc(OCC(=O)O)cc3)ccc21. The summed E-state index contributed by atoms with van der Waals surface area (Å²) in [5.41, 5.74) is 3.38. The van der Waals surface area contributed by atoms with Gasteiger partial charge in [-0.3, -0.25) is 9.59 Å². The number of hydrogen-bond acceptors (Lipinski definition) is 4. The Hall–Kier alpha value is -3.35. The molecule has 2 amide bonds. The number of carboxylic acid groups (broad SMARTS) is 1. The highest BCUT2D eigenvalue weighted by Gasteiger charge is 2.23. The summed E-state index contributed by atoms with van der Waals surface area (Å²) in [6.07, 6.45) is 0.748. The van der Waals surface area contributed by atoms with Crippen molar-refractivity contribution in [1.82, 2.24) is 4.90 Å². The molecule has 0 saturated carbocycles. The summed E-state index contributed by atoms with van der Waals surface area (Å²) >= 11 is 0. The minimum absolute atomic E-state index is 0.00530. The molecule has 1 aliphatic rings. The van der Waals surface area contributed by atoms with Crippen LogP contribution in [-0.4, -0.2) is 48.0 Å². The van der Waals surface area contributed by atoms with Crippen LogP contribution in [0.15, 0.2) is 42.5 Å². The number of amides is 2. The number of benzene rings is 2. The first-order chi connectivity index (χ1) is 13.3. The van der Waals surface area contributed by atoms with Gasteiger partial charge >= 0.3 is 5.97 Å². The molecule has 0 bridgehead atoms. The number of rotatable bonds is 6. The highest BCUT2D eigenvalue weighted by Crippen LogP contribution is 2.29. The van der Waals surface area contributed by atoms with Gasteiger partial charge in [0.1, 0.15) is 5.75 Å². The summed E-state index contributed by atoms with van der Waals surface area (Å²) in [6, 6.07) is 12.4. The van der Waals surface area contributed by atoms with Crippen molar-refractivity contribution in [1.29, 1.82) is 0 Å². The van der Waals surface area contributed by atoms with E-state index in [4.69, 9.17) is 9.84 Å². The molecule has 1 N–H and O–H groups in total. The number of carboxylic acids is 1. The van der Waals surface area contributed by atoms with E-state index in [2.05, 4.69) is 0 Å². The third-order valence-electron chi connectivity index (χ3n) is 4.65. The molecule has 1 aliphatic heterocycles. The minimum atomic E-state index is -1.03. The fourth-order valence-corrected chi connectivity index (χ4v) is 3.26. The summed E-state index contributed by atoms with van der Waals surface area (Å²) in [7, 11) is 1.73. The molecule has 1 heterocycles. The second-order valence-electron chi connectivity index (χ2n) is 6.75. The fourth-order valence-electron chi connectivity index (χ4n) is 3.26. The van der Waals surface area contributed by atoms with E-state index in [1.54, 1.807) is 54.1 Å². The predicted molar refractivity (Wildman–Crippen MR) is 104 cm³/mol. The molecule has 2 aromatic rings. The summed E-state index contributed by atoms with van der Waals surface area (Å²) in [6.45, 7) is 2.21. The Bertz CT molecular complexity index is 908. The van der Waals surface area contributed by atoms with Gasteiger partial charge in [0.05, 0.1) is 0 Å². The van der Waals surface area contributed by atoms with Crippen molar-refractivity contribution in [2.45, 2.75) is 19.9 Å². The molecule has 7 nitrogen and oxygen atoms in total. The molecule has 0 spiro atoms. The van der Waals surface area contributed by atoms with Crippen molar-refractivity contribution in [2.24, 2.45) is 0 Å². The normalized spacial score (nSPS) is 12.4. The van der Waals surface area contributed by atoms with Gasteiger partial charge in [0.15, 0.2) is 6.61 Å². The molecule has 0 aliphatic carbocycles. The van der Waals surface area contributed by atoms with E-state index in [-0.39, 0.29) is 11.8 Å². The van der Waals surface area contributed by atoms with Crippen LogP contribution in [0.25, 0.3) is 0 Å². The Morgan fingerprint density at radius 3 is 2.50 bits per heavy atom. The monoisotopic (exact) mass is 382 g/mol. The number of anilines is 1. The van der Waals surface area contributed by atoms with Crippen molar-refractivity contribution in [3.63, 3.8) is 0 Å². The standard InChI is InChI=1S/C21H22N2O5/c1-14(24)23-10-9-16-11-17(5-8-19(16)23)21(27)22(2)12-15-3-6-18(7-4-15)28-13-20(25)26/h3-8,11H,9-10,12-13H2,1-2H3,(H,25,26). The maximum Gasteiger partial charge on any atom is 0.341 e. The Balaban J connectivity index is 1.65. The highest BCUT2D eigenvalue weighted by atomic mass is 16.5. The summed E-state index contributed by atoms with van der Waals surface area (Å²) in [5, 5.41) is 8.63. The van der Waals surface area contributed by atoms with Gasteiger partial charge in [-0.15, -0.1) is 0 Å². The number of fused-ring (bicyclic) bond motifs is 1. The largest absolute Gasteiger partial charge is 0.482 e. The Morgan fingerprint density at radius 1 is 1.14 bits per heavy atom. The third kappa shape index (κ3) is 4.31. The smallest absolute Gasteiger partial charge is 0.341 e. The number of carbonyl (C=O) groups excluding carboxylic acids is 2. The Labute approximate surface area is 163 Å². The van der Waals surface area contributed by atoms with Crippen molar-refractivity contribution in [2.75, 3.05) is 25.1 Å². The zero-order valence-electron chi connectivity index (χ0n) is 15.8. The lowest BCUT2D eigenvalue weighted by molar-refractivity contribution is -0.139. The van der Waals surface area contributed by atoms with Crippen LogP contribution in [-0.2, 0) is 22.6 Å². The van der Waals surface area contributed by atoms with Crippen LogP contribution in [0.2, 0.25) is 0 Å². The van der Waals surface area contributed by atoms with E-state index in [1.165, 1.54) is 0 Å². The average molecular weight is 382 g/mol. The molecule has 3 rings (SSSR count). The van der Waals surface area contributed by atoms with Crippen molar-refractivity contribution >= 4 is 23.5 Å². The van der Waals surface area contributed by atoms with Gasteiger partial charge in [-0.1, -0.05) is 12.1 Å². The third-order valence-corrected chi connectivity index (χ3v) is 4.65. The molecule has 0 unspecified atom stereocenters. The Morgan fingerprint density at radius 2 is 1.86 bits per heavy atom. The first-order valence-corrected chi connectivity index (χ1v) is 8.95. The van der Waals surface area contributed by atoms with Crippen LogP contribution >= 0.6 is 0 Å². The summed E-state index contributed by atoms with van der Waals surface area (Å²) < 4.78 is 5.10. The molecule has 0 fully saturated rings. The zero-order valence-corrected chi connectivity index (χ0v) is 15.8. The quantitative estimate of drug-likeness (QED) is 0.829. The second-order valence-corrected chi connectivity index (χ2v) is 6.75. The second kappa shape index (κ2) is 8.12. The van der Waals surface area contributed by atoms with Gasteiger partial charge < -0.3 is 19.6 Å². The summed E-state index contributed by atoms with van der Waals surface area (Å²) in [4.78, 5) is 38.3. The average Bonchev–Trinajstić information content (AvgIpc) is 3.10. The van der Waals surface area contributed by atoms with Crippen LogP contribution in [0.4, 0.5) is 5.69 Å². The number of nitrogens with zero attached hydrogens (tertiary/aromatic N) is 2. The van der Waals surface area contributed by atoms with Crippen LogP contribution < -0.4 is 9.64 Å². The zero-order chi connectivity index (χ0) is 20.3. The summed E-state index contributed by atoms with van der Waals surface area (Å²) in [5.74, 6) is -0.662. The molecule has 0 radical (unpaired) electrons. The van der Waals surface area contributed by atoms with Crippen molar-refractivity contribution in [3.8, 4) is 5.75 Å². The first kappa shape index (κ1) is 19.4. The minimum Gasteiger partial charge on any atom is -0.482 e. The molecule has 2 aromatic carbocycles. The van der Waals surface area contributed by atoms with Crippen LogP contribution in [0.1, 0.15) is 28.4 Å². The van der Waals surface area contributed by atoms with E-state index in [0.29, 0.717) is 24.4 Å². The Kier molecular flexibility index (Phi) is 5.63. The van der Waals surface area contributed by atoms with Crippen molar-refractivity contribution in [3.05, 3.63) is 59.2 Å². The van der Waals surface area contributed by atoms with Gasteiger partial charge in [-0.25, -0.2) is 4.79 Å². The van der Waals surface area contributed by atoms with E-state index >= 15 is 0 Å². The van der Waals surface area contributed by atoms with E-state index in [0.717, 1.165) is 23.2 Å².